The number of alkyl halides is 2. The first-order chi connectivity index (χ1) is 9.58. The van der Waals surface area contributed by atoms with Crippen LogP contribution in [0.2, 0.25) is 0 Å². The molecule has 0 aliphatic heterocycles. The van der Waals surface area contributed by atoms with Crippen molar-refractivity contribution >= 4 is 5.78 Å². The van der Waals surface area contributed by atoms with Crippen LogP contribution in [0.5, 0.6) is 5.75 Å². The van der Waals surface area contributed by atoms with E-state index in [1.165, 1.54) is 18.2 Å². The van der Waals surface area contributed by atoms with Gasteiger partial charge >= 0.3 is 6.61 Å². The number of carbonyl (C=O) groups excluding carboxylic acids is 1. The second kappa shape index (κ2) is 6.23. The first-order valence-corrected chi connectivity index (χ1v) is 6.08. The van der Waals surface area contributed by atoms with Gasteiger partial charge in [0.25, 0.3) is 0 Å². The first-order valence-electron chi connectivity index (χ1n) is 6.08. The second-order valence-corrected chi connectivity index (χ2v) is 4.25. The molecule has 20 heavy (non-hydrogen) atoms. The molecule has 0 bridgehead atoms. The van der Waals surface area contributed by atoms with Crippen LogP contribution in [-0.4, -0.2) is 17.4 Å². The van der Waals surface area contributed by atoms with E-state index < -0.39 is 12.5 Å². The van der Waals surface area contributed by atoms with E-state index in [1.807, 2.05) is 0 Å². The molecule has 0 amide bonds. The van der Waals surface area contributed by atoms with Gasteiger partial charge in [0.2, 0.25) is 0 Å². The highest BCUT2D eigenvalue weighted by atomic mass is 19.3. The van der Waals surface area contributed by atoms with Crippen molar-refractivity contribution in [3.63, 3.8) is 0 Å². The number of Topliss-reactive ketones (excluding diaryl/α,β-unsaturated/α-hetero) is 1. The van der Waals surface area contributed by atoms with Crippen LogP contribution in [0, 0.1) is 0 Å². The Morgan fingerprint density at radius 2 is 2.00 bits per heavy atom. The average molecular weight is 277 g/mol. The molecule has 2 aromatic rings. The molecule has 1 aromatic carbocycles. The smallest absolute Gasteiger partial charge is 0.387 e. The van der Waals surface area contributed by atoms with Crippen molar-refractivity contribution in [2.24, 2.45) is 0 Å². The summed E-state index contributed by atoms with van der Waals surface area (Å²) in [6.07, 6.45) is 1.61. The summed E-state index contributed by atoms with van der Waals surface area (Å²) in [6.45, 7) is -1.18. The van der Waals surface area contributed by atoms with E-state index in [4.69, 9.17) is 0 Å². The topological polar surface area (TPSA) is 39.2 Å². The number of hydrogen-bond acceptors (Lipinski definition) is 3. The van der Waals surface area contributed by atoms with Crippen molar-refractivity contribution < 1.29 is 18.3 Å². The number of ether oxygens (including phenoxy) is 1. The molecule has 0 N–H and O–H groups in total. The molecule has 104 valence electrons. The molecule has 3 nitrogen and oxygen atoms in total. The number of carbonyl (C=O) groups is 1. The summed E-state index contributed by atoms with van der Waals surface area (Å²) in [5.41, 5.74) is 0.957. The molecule has 0 spiro atoms. The Kier molecular flexibility index (Phi) is 4.40. The van der Waals surface area contributed by atoms with Crippen LogP contribution >= 0.6 is 0 Å². The highest BCUT2D eigenvalue weighted by Crippen LogP contribution is 2.22. The SMILES string of the molecule is CC(C(=O)c1cccc(OC(F)F)c1)c1ccccn1. The van der Waals surface area contributed by atoms with Gasteiger partial charge in [-0.1, -0.05) is 18.2 Å². The predicted octanol–water partition coefficient (Wildman–Crippen LogP) is 3.67. The molecule has 1 heterocycles. The first kappa shape index (κ1) is 14.1. The van der Waals surface area contributed by atoms with Crippen molar-refractivity contribution in [2.75, 3.05) is 0 Å². The second-order valence-electron chi connectivity index (χ2n) is 4.25. The molecular formula is C15H13F2NO2. The molecule has 2 rings (SSSR count). The third-order valence-corrected chi connectivity index (χ3v) is 2.87. The van der Waals surface area contributed by atoms with Gasteiger partial charge in [0, 0.05) is 11.8 Å². The molecule has 1 aromatic heterocycles. The fraction of sp³-hybridized carbons (Fsp3) is 0.200. The molecule has 0 fully saturated rings. The summed E-state index contributed by atoms with van der Waals surface area (Å²) in [5.74, 6) is -0.666. The number of hydrogen-bond donors (Lipinski definition) is 0. The molecule has 0 radical (unpaired) electrons. The van der Waals surface area contributed by atoms with Crippen molar-refractivity contribution in [1.29, 1.82) is 0 Å². The van der Waals surface area contributed by atoms with Crippen LogP contribution in [0.3, 0.4) is 0 Å². The van der Waals surface area contributed by atoms with Crippen molar-refractivity contribution in [3.8, 4) is 5.75 Å². The van der Waals surface area contributed by atoms with Gasteiger partial charge in [0.1, 0.15) is 5.75 Å². The van der Waals surface area contributed by atoms with Gasteiger partial charge in [-0.15, -0.1) is 0 Å². The van der Waals surface area contributed by atoms with Crippen LogP contribution in [0.15, 0.2) is 48.7 Å². The van der Waals surface area contributed by atoms with E-state index in [-0.39, 0.29) is 11.5 Å². The maximum Gasteiger partial charge on any atom is 0.387 e. The summed E-state index contributed by atoms with van der Waals surface area (Å²) in [7, 11) is 0. The monoisotopic (exact) mass is 277 g/mol. The molecule has 0 aliphatic carbocycles. The lowest BCUT2D eigenvalue weighted by Gasteiger charge is -2.11. The highest BCUT2D eigenvalue weighted by Gasteiger charge is 2.19. The van der Waals surface area contributed by atoms with E-state index in [2.05, 4.69) is 9.72 Å². The molecule has 1 atom stereocenters. The maximum absolute atomic E-state index is 12.3. The van der Waals surface area contributed by atoms with Gasteiger partial charge in [-0.25, -0.2) is 0 Å². The van der Waals surface area contributed by atoms with Crippen LogP contribution in [-0.2, 0) is 0 Å². The zero-order valence-electron chi connectivity index (χ0n) is 10.8. The van der Waals surface area contributed by atoms with Gasteiger partial charge in [-0.2, -0.15) is 8.78 Å². The Labute approximate surface area is 115 Å². The molecule has 0 saturated heterocycles. The molecule has 0 saturated carbocycles. The minimum Gasteiger partial charge on any atom is -0.435 e. The van der Waals surface area contributed by atoms with Crippen LogP contribution < -0.4 is 4.74 Å². The average Bonchev–Trinajstić information content (AvgIpc) is 2.46. The van der Waals surface area contributed by atoms with E-state index in [1.54, 1.807) is 37.4 Å². The highest BCUT2D eigenvalue weighted by molar-refractivity contribution is 6.00. The van der Waals surface area contributed by atoms with Gasteiger partial charge < -0.3 is 4.74 Å². The number of aromatic nitrogens is 1. The zero-order valence-corrected chi connectivity index (χ0v) is 10.8. The van der Waals surface area contributed by atoms with Gasteiger partial charge in [0.15, 0.2) is 5.78 Å². The summed E-state index contributed by atoms with van der Waals surface area (Å²) in [4.78, 5) is 16.4. The van der Waals surface area contributed by atoms with E-state index >= 15 is 0 Å². The number of ketones is 1. The van der Waals surface area contributed by atoms with Crippen molar-refractivity contribution in [3.05, 3.63) is 59.9 Å². The Morgan fingerprint density at radius 1 is 1.20 bits per heavy atom. The number of nitrogens with zero attached hydrogens (tertiary/aromatic N) is 1. The lowest BCUT2D eigenvalue weighted by atomic mass is 9.96. The van der Waals surface area contributed by atoms with Gasteiger partial charge in [-0.05, 0) is 31.2 Å². The van der Waals surface area contributed by atoms with Gasteiger partial charge in [0.05, 0.1) is 11.6 Å². The normalized spacial score (nSPS) is 12.2. The number of rotatable bonds is 5. The standard InChI is InChI=1S/C15H13F2NO2/c1-10(13-7-2-3-8-18-13)14(19)11-5-4-6-12(9-11)20-15(16)17/h2-10,15H,1H3. The summed E-state index contributed by atoms with van der Waals surface area (Å²) >= 11 is 0. The number of benzene rings is 1. The fourth-order valence-corrected chi connectivity index (χ4v) is 1.84. The minimum atomic E-state index is -2.91. The lowest BCUT2D eigenvalue weighted by molar-refractivity contribution is -0.0498. The molecule has 0 aliphatic rings. The van der Waals surface area contributed by atoms with Crippen LogP contribution in [0.4, 0.5) is 8.78 Å². The number of pyridine rings is 1. The third kappa shape index (κ3) is 3.38. The Morgan fingerprint density at radius 3 is 2.65 bits per heavy atom. The van der Waals surface area contributed by atoms with E-state index in [0.717, 1.165) is 0 Å². The van der Waals surface area contributed by atoms with Gasteiger partial charge in [-0.3, -0.25) is 9.78 Å². The van der Waals surface area contributed by atoms with Crippen LogP contribution in [0.25, 0.3) is 0 Å². The Bertz CT molecular complexity index is 587. The van der Waals surface area contributed by atoms with E-state index in [9.17, 15) is 13.6 Å². The van der Waals surface area contributed by atoms with Crippen LogP contribution in [0.1, 0.15) is 28.9 Å². The quantitative estimate of drug-likeness (QED) is 0.783. The minimum absolute atomic E-state index is 0.0286. The molecule has 5 heteroatoms. The van der Waals surface area contributed by atoms with Crippen molar-refractivity contribution in [2.45, 2.75) is 19.5 Å². The summed E-state index contributed by atoms with van der Waals surface area (Å²) in [5, 5.41) is 0. The van der Waals surface area contributed by atoms with E-state index in [0.29, 0.717) is 11.3 Å². The third-order valence-electron chi connectivity index (χ3n) is 2.87. The summed E-state index contributed by atoms with van der Waals surface area (Å²) in [6, 6.07) is 11.1. The zero-order chi connectivity index (χ0) is 14.5. The Balaban J connectivity index is 2.21. The maximum atomic E-state index is 12.3. The fourth-order valence-electron chi connectivity index (χ4n) is 1.84. The number of halogens is 2. The van der Waals surface area contributed by atoms with Crippen molar-refractivity contribution in [1.82, 2.24) is 4.98 Å². The molecule has 1 unspecified atom stereocenters. The lowest BCUT2D eigenvalue weighted by Crippen LogP contribution is -2.11. The predicted molar refractivity (Wildman–Crippen MR) is 70.1 cm³/mol. The largest absolute Gasteiger partial charge is 0.435 e. The Hall–Kier alpha value is -2.30. The summed E-state index contributed by atoms with van der Waals surface area (Å²) < 4.78 is 28.6. The molecular weight excluding hydrogens is 264 g/mol.